The monoisotopic (exact) mass is 294 g/mol. The van der Waals surface area contributed by atoms with Crippen LogP contribution in [-0.4, -0.2) is 31.1 Å². The van der Waals surface area contributed by atoms with Crippen molar-refractivity contribution in [1.82, 2.24) is 14.2 Å². The number of aryl methyl sites for hydroxylation is 2. The van der Waals surface area contributed by atoms with Crippen LogP contribution in [0.5, 0.6) is 0 Å². The fourth-order valence-electron chi connectivity index (χ4n) is 1.50. The van der Waals surface area contributed by atoms with Gasteiger partial charge in [0, 0.05) is 13.1 Å². The molecule has 2 aromatic heterocycles. The number of carbonyl (C=O) groups is 2. The maximum Gasteiger partial charge on any atom is 0.340 e. The smallest absolute Gasteiger partial charge is 0.340 e. The lowest BCUT2D eigenvalue weighted by molar-refractivity contribution is 0.0697. The zero-order chi connectivity index (χ0) is 14.9. The third-order valence-corrected chi connectivity index (χ3v) is 3.35. The number of aromatic nitrogens is 3. The van der Waals surface area contributed by atoms with Gasteiger partial charge in [0.25, 0.3) is 11.5 Å². The van der Waals surface area contributed by atoms with E-state index in [1.165, 1.54) is 19.2 Å². The number of nitrogens with one attached hydrogen (secondary N) is 1. The molecule has 0 aliphatic rings. The van der Waals surface area contributed by atoms with Crippen LogP contribution < -0.4 is 10.9 Å². The van der Waals surface area contributed by atoms with Crippen molar-refractivity contribution in [1.29, 1.82) is 0 Å². The summed E-state index contributed by atoms with van der Waals surface area (Å²) in [7, 11) is 1.42. The van der Waals surface area contributed by atoms with E-state index in [0.717, 1.165) is 16.2 Å². The van der Waals surface area contributed by atoms with Crippen molar-refractivity contribution in [3.05, 3.63) is 39.4 Å². The number of carbonyl (C=O) groups excluding carboxylic acids is 1. The van der Waals surface area contributed by atoms with E-state index in [9.17, 15) is 14.4 Å². The minimum absolute atomic E-state index is 0.00879. The minimum Gasteiger partial charge on any atom is -0.478 e. The van der Waals surface area contributed by atoms with Crippen molar-refractivity contribution in [2.24, 2.45) is 7.05 Å². The van der Waals surface area contributed by atoms with Crippen LogP contribution in [0.15, 0.2) is 16.9 Å². The first kappa shape index (κ1) is 13.9. The van der Waals surface area contributed by atoms with E-state index in [0.29, 0.717) is 5.69 Å². The Morgan fingerprint density at radius 3 is 2.70 bits per heavy atom. The lowest BCUT2D eigenvalue weighted by Crippen LogP contribution is -2.23. The molecule has 0 aliphatic heterocycles. The zero-order valence-corrected chi connectivity index (χ0v) is 11.4. The molecule has 104 valence electrons. The molecule has 0 saturated carbocycles. The summed E-state index contributed by atoms with van der Waals surface area (Å²) in [5, 5.41) is 15.4. The zero-order valence-electron chi connectivity index (χ0n) is 10.6. The Morgan fingerprint density at radius 2 is 2.10 bits per heavy atom. The number of amides is 1. The van der Waals surface area contributed by atoms with E-state index in [2.05, 4.69) is 14.8 Å². The fraction of sp³-hybridized carbons (Fsp3) is 0.182. The number of hydrogen-bond acceptors (Lipinski definition) is 6. The summed E-state index contributed by atoms with van der Waals surface area (Å²) in [6, 6.07) is 2.48. The Balaban J connectivity index is 2.30. The van der Waals surface area contributed by atoms with Gasteiger partial charge in [0.05, 0.1) is 5.69 Å². The molecule has 20 heavy (non-hydrogen) atoms. The molecule has 1 amide bonds. The van der Waals surface area contributed by atoms with E-state index in [1.807, 2.05) is 0 Å². The van der Waals surface area contributed by atoms with E-state index < -0.39 is 11.9 Å². The first-order valence-corrected chi connectivity index (χ1v) is 6.22. The lowest BCUT2D eigenvalue weighted by atomic mass is 10.2. The van der Waals surface area contributed by atoms with Crippen molar-refractivity contribution in [3.8, 4) is 0 Å². The highest BCUT2D eigenvalue weighted by Gasteiger charge is 2.20. The van der Waals surface area contributed by atoms with Gasteiger partial charge in [-0.3, -0.25) is 9.59 Å². The third kappa shape index (κ3) is 2.57. The second kappa shape index (κ2) is 5.21. The van der Waals surface area contributed by atoms with Gasteiger partial charge in [-0.25, -0.2) is 9.48 Å². The number of carboxylic acid groups (broad SMARTS) is 1. The molecule has 0 atom stereocenters. The molecule has 9 heteroatoms. The van der Waals surface area contributed by atoms with E-state index in [4.69, 9.17) is 5.11 Å². The van der Waals surface area contributed by atoms with Crippen LogP contribution in [0.25, 0.3) is 0 Å². The average Bonchev–Trinajstić information content (AvgIpc) is 2.73. The summed E-state index contributed by atoms with van der Waals surface area (Å²) in [6.45, 7) is 1.54. The molecule has 0 unspecified atom stereocenters. The fourth-order valence-corrected chi connectivity index (χ4v) is 2.28. The topological polar surface area (TPSA) is 114 Å². The Morgan fingerprint density at radius 1 is 1.40 bits per heavy atom. The number of rotatable bonds is 3. The van der Waals surface area contributed by atoms with Crippen LogP contribution in [-0.2, 0) is 7.05 Å². The maximum absolute atomic E-state index is 12.0. The van der Waals surface area contributed by atoms with E-state index in [-0.39, 0.29) is 21.8 Å². The second-order valence-electron chi connectivity index (χ2n) is 3.91. The van der Waals surface area contributed by atoms with Gasteiger partial charge in [0.15, 0.2) is 0 Å². The summed E-state index contributed by atoms with van der Waals surface area (Å²) < 4.78 is 4.91. The SMILES string of the molecule is Cc1nsc(NC(=O)c2ccc(=O)n(C)n2)c1C(=O)O. The predicted octanol–water partition coefficient (Wildman–Crippen LogP) is 0.496. The second-order valence-corrected chi connectivity index (χ2v) is 4.69. The van der Waals surface area contributed by atoms with Gasteiger partial charge in [-0.05, 0) is 24.5 Å². The number of hydrogen-bond donors (Lipinski definition) is 2. The van der Waals surface area contributed by atoms with Crippen LogP contribution in [0.1, 0.15) is 26.5 Å². The largest absolute Gasteiger partial charge is 0.478 e. The highest BCUT2D eigenvalue weighted by molar-refractivity contribution is 7.11. The van der Waals surface area contributed by atoms with Crippen molar-refractivity contribution in [3.63, 3.8) is 0 Å². The van der Waals surface area contributed by atoms with Crippen molar-refractivity contribution < 1.29 is 14.7 Å². The summed E-state index contributed by atoms with van der Waals surface area (Å²) in [6.07, 6.45) is 0. The Labute approximate surface area is 116 Å². The summed E-state index contributed by atoms with van der Waals surface area (Å²) >= 11 is 0.876. The van der Waals surface area contributed by atoms with Crippen LogP contribution >= 0.6 is 11.5 Å². The van der Waals surface area contributed by atoms with Crippen LogP contribution in [0, 0.1) is 6.92 Å². The molecule has 2 heterocycles. The summed E-state index contributed by atoms with van der Waals surface area (Å²) in [5.41, 5.74) is -0.0599. The molecule has 0 aromatic carbocycles. The molecule has 0 aliphatic carbocycles. The third-order valence-electron chi connectivity index (χ3n) is 2.50. The summed E-state index contributed by atoms with van der Waals surface area (Å²) in [4.78, 5) is 34.2. The molecule has 0 radical (unpaired) electrons. The number of anilines is 1. The van der Waals surface area contributed by atoms with Gasteiger partial charge in [-0.15, -0.1) is 0 Å². The Hall–Kier alpha value is -2.55. The molecule has 0 fully saturated rings. The predicted molar refractivity (Wildman–Crippen MR) is 71.2 cm³/mol. The van der Waals surface area contributed by atoms with Crippen molar-refractivity contribution >= 4 is 28.4 Å². The standard InChI is InChI=1S/C11H10N4O4S/c1-5-8(11(18)19)10(20-14-5)12-9(17)6-3-4-7(16)15(2)13-6/h3-4H,1-2H3,(H,12,17)(H,18,19). The quantitative estimate of drug-likeness (QED) is 0.851. The molecule has 2 N–H and O–H groups in total. The molecule has 0 saturated heterocycles. The van der Waals surface area contributed by atoms with Gasteiger partial charge >= 0.3 is 5.97 Å². The van der Waals surface area contributed by atoms with E-state index in [1.54, 1.807) is 6.92 Å². The number of nitrogens with zero attached hydrogens (tertiary/aromatic N) is 3. The van der Waals surface area contributed by atoms with Crippen LogP contribution in [0.2, 0.25) is 0 Å². The van der Waals surface area contributed by atoms with Crippen molar-refractivity contribution in [2.45, 2.75) is 6.92 Å². The lowest BCUT2D eigenvalue weighted by Gasteiger charge is -2.04. The minimum atomic E-state index is -1.17. The van der Waals surface area contributed by atoms with Gasteiger partial charge in [0.1, 0.15) is 16.3 Å². The molecule has 8 nitrogen and oxygen atoms in total. The van der Waals surface area contributed by atoms with Gasteiger partial charge in [-0.1, -0.05) is 0 Å². The van der Waals surface area contributed by atoms with Crippen LogP contribution in [0.4, 0.5) is 5.00 Å². The van der Waals surface area contributed by atoms with Crippen LogP contribution in [0.3, 0.4) is 0 Å². The van der Waals surface area contributed by atoms with Gasteiger partial charge in [0.2, 0.25) is 0 Å². The normalized spacial score (nSPS) is 10.3. The van der Waals surface area contributed by atoms with Crippen molar-refractivity contribution in [2.75, 3.05) is 5.32 Å². The molecular formula is C11H10N4O4S. The van der Waals surface area contributed by atoms with Gasteiger partial charge in [-0.2, -0.15) is 9.47 Å². The van der Waals surface area contributed by atoms with Gasteiger partial charge < -0.3 is 10.4 Å². The molecular weight excluding hydrogens is 284 g/mol. The molecule has 0 bridgehead atoms. The summed E-state index contributed by atoms with van der Waals surface area (Å²) in [5.74, 6) is -1.77. The van der Waals surface area contributed by atoms with E-state index >= 15 is 0 Å². The first-order valence-electron chi connectivity index (χ1n) is 5.45. The number of carboxylic acids is 1. The maximum atomic E-state index is 12.0. The molecule has 0 spiro atoms. The Bertz CT molecular complexity index is 749. The highest BCUT2D eigenvalue weighted by Crippen LogP contribution is 2.24. The Kier molecular flexibility index (Phi) is 3.61. The molecule has 2 rings (SSSR count). The number of aromatic carboxylic acids is 1. The molecule has 2 aromatic rings. The highest BCUT2D eigenvalue weighted by atomic mass is 32.1. The first-order chi connectivity index (χ1) is 9.40. The average molecular weight is 294 g/mol.